The van der Waals surface area contributed by atoms with Crippen LogP contribution in [0.4, 0.5) is 0 Å². The molecule has 0 aromatic carbocycles. The molecule has 1 rings (SSSR count). The fourth-order valence-electron chi connectivity index (χ4n) is 2.91. The van der Waals surface area contributed by atoms with Crippen molar-refractivity contribution in [1.82, 2.24) is 14.8 Å². The van der Waals surface area contributed by atoms with E-state index < -0.39 is 0 Å². The molecule has 1 aromatic rings. The lowest BCUT2D eigenvalue weighted by molar-refractivity contribution is 0.0814. The van der Waals surface area contributed by atoms with E-state index in [0.717, 1.165) is 25.7 Å². The summed E-state index contributed by atoms with van der Waals surface area (Å²) in [6.07, 6.45) is 17.6. The van der Waals surface area contributed by atoms with Crippen LogP contribution >= 0.6 is 0 Å². The number of aromatic nitrogens is 3. The minimum Gasteiger partial charge on any atom is -0.274 e. The van der Waals surface area contributed by atoms with Crippen LogP contribution < -0.4 is 0 Å². The summed E-state index contributed by atoms with van der Waals surface area (Å²) in [7, 11) is 0. The Bertz CT molecular complexity index is 376. The highest BCUT2D eigenvalue weighted by Crippen LogP contribution is 2.20. The lowest BCUT2D eigenvalue weighted by Crippen LogP contribution is -2.21. The Kier molecular flexibility index (Phi) is 10.6. The smallest absolute Gasteiger partial charge is 0.236 e. The van der Waals surface area contributed by atoms with Gasteiger partial charge in [-0.15, -0.1) is 10.2 Å². The van der Waals surface area contributed by atoms with Gasteiger partial charge in [-0.25, -0.2) is 0 Å². The van der Waals surface area contributed by atoms with Crippen molar-refractivity contribution in [3.63, 3.8) is 0 Å². The van der Waals surface area contributed by atoms with Crippen LogP contribution in [0.1, 0.15) is 95.7 Å². The van der Waals surface area contributed by atoms with Gasteiger partial charge in [-0.1, -0.05) is 78.1 Å². The molecular formula is C18H33N3O. The molecular weight excluding hydrogens is 274 g/mol. The molecule has 0 aliphatic carbocycles. The second kappa shape index (κ2) is 12.4. The van der Waals surface area contributed by atoms with Gasteiger partial charge < -0.3 is 0 Å². The summed E-state index contributed by atoms with van der Waals surface area (Å²) in [4.78, 5) is 12.5. The highest BCUT2D eigenvalue weighted by atomic mass is 16.2. The Labute approximate surface area is 135 Å². The van der Waals surface area contributed by atoms with Gasteiger partial charge in [0.1, 0.15) is 12.7 Å². The third-order valence-electron chi connectivity index (χ3n) is 4.33. The van der Waals surface area contributed by atoms with E-state index in [9.17, 15) is 4.79 Å². The van der Waals surface area contributed by atoms with Crippen LogP contribution in [-0.4, -0.2) is 20.7 Å². The molecule has 0 saturated carbocycles. The summed E-state index contributed by atoms with van der Waals surface area (Å²) in [5, 5.41) is 7.52. The fourth-order valence-corrected chi connectivity index (χ4v) is 2.91. The van der Waals surface area contributed by atoms with E-state index in [1.807, 2.05) is 0 Å². The molecule has 0 amide bonds. The van der Waals surface area contributed by atoms with Gasteiger partial charge in [-0.2, -0.15) is 0 Å². The first-order chi connectivity index (χ1) is 10.8. The topological polar surface area (TPSA) is 47.8 Å². The first kappa shape index (κ1) is 18.9. The molecule has 0 spiro atoms. The van der Waals surface area contributed by atoms with Crippen LogP contribution in [0, 0.1) is 5.92 Å². The zero-order chi connectivity index (χ0) is 16.0. The van der Waals surface area contributed by atoms with E-state index in [1.54, 1.807) is 4.57 Å². The molecule has 22 heavy (non-hydrogen) atoms. The van der Waals surface area contributed by atoms with Crippen LogP contribution in [0.3, 0.4) is 0 Å². The second-order valence-electron chi connectivity index (χ2n) is 6.31. The third-order valence-corrected chi connectivity index (χ3v) is 4.33. The number of rotatable bonds is 13. The van der Waals surface area contributed by atoms with Crippen molar-refractivity contribution in [2.75, 3.05) is 0 Å². The maximum Gasteiger partial charge on any atom is 0.236 e. The van der Waals surface area contributed by atoms with E-state index in [2.05, 4.69) is 24.0 Å². The van der Waals surface area contributed by atoms with Crippen molar-refractivity contribution in [3.05, 3.63) is 12.7 Å². The van der Waals surface area contributed by atoms with E-state index in [-0.39, 0.29) is 11.8 Å². The molecule has 0 radical (unpaired) electrons. The maximum absolute atomic E-state index is 12.5. The number of hydrogen-bond acceptors (Lipinski definition) is 3. The Morgan fingerprint density at radius 2 is 1.27 bits per heavy atom. The quantitative estimate of drug-likeness (QED) is 0.467. The highest BCUT2D eigenvalue weighted by Gasteiger charge is 2.19. The zero-order valence-corrected chi connectivity index (χ0v) is 14.5. The van der Waals surface area contributed by atoms with E-state index in [0.29, 0.717) is 0 Å². The van der Waals surface area contributed by atoms with E-state index >= 15 is 0 Å². The van der Waals surface area contributed by atoms with Gasteiger partial charge in [0.15, 0.2) is 0 Å². The Balaban J connectivity index is 2.35. The number of hydrogen-bond donors (Lipinski definition) is 0. The van der Waals surface area contributed by atoms with Gasteiger partial charge in [-0.05, 0) is 12.8 Å². The van der Waals surface area contributed by atoms with Crippen molar-refractivity contribution >= 4 is 5.91 Å². The normalized spacial score (nSPS) is 12.5. The number of carbonyl (C=O) groups is 1. The lowest BCUT2D eigenvalue weighted by atomic mass is 9.93. The second-order valence-corrected chi connectivity index (χ2v) is 6.31. The summed E-state index contributed by atoms with van der Waals surface area (Å²) < 4.78 is 1.56. The fraction of sp³-hybridized carbons (Fsp3) is 0.833. The van der Waals surface area contributed by atoms with Crippen LogP contribution in [0.2, 0.25) is 0 Å². The van der Waals surface area contributed by atoms with Crippen LogP contribution in [0.15, 0.2) is 12.7 Å². The minimum atomic E-state index is 0.138. The maximum atomic E-state index is 12.5. The van der Waals surface area contributed by atoms with Gasteiger partial charge in [0.2, 0.25) is 5.91 Å². The van der Waals surface area contributed by atoms with Crippen molar-refractivity contribution in [3.8, 4) is 0 Å². The molecule has 1 unspecified atom stereocenters. The molecule has 126 valence electrons. The largest absolute Gasteiger partial charge is 0.274 e. The van der Waals surface area contributed by atoms with E-state index in [4.69, 9.17) is 0 Å². The van der Waals surface area contributed by atoms with Crippen molar-refractivity contribution in [2.24, 2.45) is 5.92 Å². The Hall–Kier alpha value is -1.19. The molecule has 4 heteroatoms. The summed E-state index contributed by atoms with van der Waals surface area (Å²) in [6.45, 7) is 4.46. The predicted molar refractivity (Wildman–Crippen MR) is 90.9 cm³/mol. The molecule has 0 saturated heterocycles. The van der Waals surface area contributed by atoms with Crippen LogP contribution in [-0.2, 0) is 0 Å². The Morgan fingerprint density at radius 1 is 0.818 bits per heavy atom. The van der Waals surface area contributed by atoms with Gasteiger partial charge in [0.25, 0.3) is 0 Å². The molecule has 0 fully saturated rings. The van der Waals surface area contributed by atoms with Gasteiger partial charge >= 0.3 is 0 Å². The molecule has 0 N–H and O–H groups in total. The molecule has 0 bridgehead atoms. The standard InChI is InChI=1S/C18H33N3O/c1-3-5-7-9-10-12-14-17(13-11-8-6-4-2)18(22)21-15-19-20-16-21/h15-17H,3-14H2,1-2H3. The third kappa shape index (κ3) is 7.71. The zero-order valence-electron chi connectivity index (χ0n) is 14.5. The first-order valence-electron chi connectivity index (χ1n) is 9.18. The molecule has 4 nitrogen and oxygen atoms in total. The number of unbranched alkanes of at least 4 members (excludes halogenated alkanes) is 8. The SMILES string of the molecule is CCCCCCCCC(CCCCCC)C(=O)n1cnnc1. The molecule has 1 heterocycles. The van der Waals surface area contributed by atoms with E-state index in [1.165, 1.54) is 64.0 Å². The molecule has 0 aliphatic heterocycles. The number of nitrogens with zero attached hydrogens (tertiary/aromatic N) is 3. The predicted octanol–water partition coefficient (Wildman–Crippen LogP) is 5.26. The highest BCUT2D eigenvalue weighted by molar-refractivity contribution is 5.80. The molecule has 0 aliphatic rings. The van der Waals surface area contributed by atoms with Crippen molar-refractivity contribution in [1.29, 1.82) is 0 Å². The molecule has 1 atom stereocenters. The summed E-state index contributed by atoms with van der Waals surface area (Å²) >= 11 is 0. The van der Waals surface area contributed by atoms with Gasteiger partial charge in [0.05, 0.1) is 0 Å². The minimum absolute atomic E-state index is 0.138. The first-order valence-corrected chi connectivity index (χ1v) is 9.18. The average Bonchev–Trinajstić information content (AvgIpc) is 3.06. The summed E-state index contributed by atoms with van der Waals surface area (Å²) in [6, 6.07) is 0. The summed E-state index contributed by atoms with van der Waals surface area (Å²) in [5.74, 6) is 0.314. The average molecular weight is 307 g/mol. The van der Waals surface area contributed by atoms with Crippen LogP contribution in [0.5, 0.6) is 0 Å². The lowest BCUT2D eigenvalue weighted by Gasteiger charge is -2.15. The van der Waals surface area contributed by atoms with Gasteiger partial charge in [-0.3, -0.25) is 9.36 Å². The summed E-state index contributed by atoms with van der Waals surface area (Å²) in [5.41, 5.74) is 0. The Morgan fingerprint density at radius 3 is 1.82 bits per heavy atom. The molecule has 1 aromatic heterocycles. The number of carbonyl (C=O) groups excluding carboxylic acids is 1. The monoisotopic (exact) mass is 307 g/mol. The van der Waals surface area contributed by atoms with Crippen molar-refractivity contribution in [2.45, 2.75) is 90.9 Å². The van der Waals surface area contributed by atoms with Crippen LogP contribution in [0.25, 0.3) is 0 Å². The van der Waals surface area contributed by atoms with Gasteiger partial charge in [0, 0.05) is 5.92 Å². The van der Waals surface area contributed by atoms with Crippen molar-refractivity contribution < 1.29 is 4.79 Å².